The number of amides is 2. The van der Waals surface area contributed by atoms with Crippen molar-refractivity contribution < 1.29 is 9.53 Å². The molecule has 1 aromatic heterocycles. The zero-order valence-electron chi connectivity index (χ0n) is 16.4. The van der Waals surface area contributed by atoms with Crippen LogP contribution >= 0.6 is 22.9 Å². The van der Waals surface area contributed by atoms with Crippen LogP contribution < -0.4 is 15.0 Å². The van der Waals surface area contributed by atoms with E-state index in [2.05, 4.69) is 35.3 Å². The number of ether oxygens (including phenoxy) is 1. The van der Waals surface area contributed by atoms with Gasteiger partial charge >= 0.3 is 6.03 Å². The number of aromatic nitrogens is 1. The van der Waals surface area contributed by atoms with Crippen LogP contribution in [-0.2, 0) is 6.42 Å². The fourth-order valence-electron chi connectivity index (χ4n) is 3.39. The van der Waals surface area contributed by atoms with Crippen molar-refractivity contribution in [1.29, 1.82) is 0 Å². The van der Waals surface area contributed by atoms with E-state index in [1.54, 1.807) is 41.5 Å². The number of fused-ring (bicyclic) bond motifs is 1. The zero-order chi connectivity index (χ0) is 20.4. The molecule has 3 aromatic rings. The summed E-state index contributed by atoms with van der Waals surface area (Å²) in [5, 5.41) is 4.47. The Kier molecular flexibility index (Phi) is 5.78. The third kappa shape index (κ3) is 4.26. The van der Waals surface area contributed by atoms with E-state index in [4.69, 9.17) is 21.3 Å². The second kappa shape index (κ2) is 8.47. The topological polar surface area (TPSA) is 57.7 Å². The summed E-state index contributed by atoms with van der Waals surface area (Å²) in [6, 6.07) is 11.5. The molecule has 0 spiro atoms. The number of nitrogens with one attached hydrogen (secondary N) is 1. The number of benzene rings is 2. The quantitative estimate of drug-likeness (QED) is 0.641. The first-order valence-corrected chi connectivity index (χ1v) is 10.8. The number of hydrogen-bond donors (Lipinski definition) is 1. The number of methoxy groups -OCH3 is 1. The number of rotatable bonds is 4. The van der Waals surface area contributed by atoms with Gasteiger partial charge in [-0.25, -0.2) is 9.78 Å². The van der Waals surface area contributed by atoms with E-state index in [-0.39, 0.29) is 6.03 Å². The number of urea groups is 1. The van der Waals surface area contributed by atoms with Gasteiger partial charge in [0.15, 0.2) is 5.13 Å². The van der Waals surface area contributed by atoms with Crippen molar-refractivity contribution in [2.24, 2.45) is 0 Å². The molecule has 1 saturated heterocycles. The van der Waals surface area contributed by atoms with Crippen LogP contribution in [0.4, 0.5) is 15.6 Å². The second-order valence-corrected chi connectivity index (χ2v) is 8.35. The predicted octanol–water partition coefficient (Wildman–Crippen LogP) is 4.87. The summed E-state index contributed by atoms with van der Waals surface area (Å²) in [6.45, 7) is 4.92. The summed E-state index contributed by atoms with van der Waals surface area (Å²) in [5.74, 6) is 0.585. The third-order valence-electron chi connectivity index (χ3n) is 5.09. The molecule has 1 aliphatic heterocycles. The molecule has 6 nitrogen and oxygen atoms in total. The van der Waals surface area contributed by atoms with Crippen LogP contribution in [0, 0.1) is 0 Å². The first-order chi connectivity index (χ1) is 14.1. The predicted molar refractivity (Wildman–Crippen MR) is 120 cm³/mol. The van der Waals surface area contributed by atoms with Crippen molar-refractivity contribution >= 4 is 50.0 Å². The van der Waals surface area contributed by atoms with Gasteiger partial charge in [-0.1, -0.05) is 35.9 Å². The summed E-state index contributed by atoms with van der Waals surface area (Å²) < 4.78 is 6.52. The number of aryl methyl sites for hydroxylation is 1. The fourth-order valence-corrected chi connectivity index (χ4v) is 4.64. The highest BCUT2D eigenvalue weighted by Crippen LogP contribution is 2.31. The van der Waals surface area contributed by atoms with E-state index < -0.39 is 0 Å². The van der Waals surface area contributed by atoms with E-state index in [1.807, 2.05) is 0 Å². The van der Waals surface area contributed by atoms with E-state index in [1.165, 1.54) is 10.3 Å². The molecule has 4 rings (SSSR count). The Morgan fingerprint density at radius 2 is 2.00 bits per heavy atom. The first-order valence-electron chi connectivity index (χ1n) is 9.61. The lowest BCUT2D eigenvalue weighted by molar-refractivity contribution is 0.208. The van der Waals surface area contributed by atoms with Gasteiger partial charge in [-0.2, -0.15) is 0 Å². The SMILES string of the molecule is CCc1ccc2nc(N3CCN(C(=O)Nc4cc(Cl)ccc4OC)CC3)sc2c1. The van der Waals surface area contributed by atoms with Crippen LogP contribution in [-0.4, -0.2) is 49.2 Å². The molecule has 8 heteroatoms. The van der Waals surface area contributed by atoms with Gasteiger partial charge in [-0.15, -0.1) is 0 Å². The summed E-state index contributed by atoms with van der Waals surface area (Å²) >= 11 is 7.77. The maximum absolute atomic E-state index is 12.7. The van der Waals surface area contributed by atoms with Gasteiger partial charge < -0.3 is 19.9 Å². The van der Waals surface area contributed by atoms with Gasteiger partial charge in [0.2, 0.25) is 0 Å². The van der Waals surface area contributed by atoms with E-state index in [0.29, 0.717) is 29.5 Å². The van der Waals surface area contributed by atoms with Crippen molar-refractivity contribution in [3.05, 3.63) is 47.0 Å². The summed E-state index contributed by atoms with van der Waals surface area (Å²) in [4.78, 5) is 21.5. The highest BCUT2D eigenvalue weighted by Gasteiger charge is 2.24. The smallest absolute Gasteiger partial charge is 0.322 e. The van der Waals surface area contributed by atoms with Crippen molar-refractivity contribution in [3.63, 3.8) is 0 Å². The maximum Gasteiger partial charge on any atom is 0.322 e. The van der Waals surface area contributed by atoms with Gasteiger partial charge in [-0.05, 0) is 42.3 Å². The lowest BCUT2D eigenvalue weighted by Gasteiger charge is -2.34. The third-order valence-corrected chi connectivity index (χ3v) is 6.40. The summed E-state index contributed by atoms with van der Waals surface area (Å²) in [6.07, 6.45) is 1.02. The molecule has 0 unspecified atom stereocenters. The fraction of sp³-hybridized carbons (Fsp3) is 0.333. The summed E-state index contributed by atoms with van der Waals surface area (Å²) in [7, 11) is 1.57. The molecule has 29 heavy (non-hydrogen) atoms. The van der Waals surface area contributed by atoms with Gasteiger partial charge in [0.05, 0.1) is 23.0 Å². The van der Waals surface area contributed by atoms with Gasteiger partial charge in [-0.3, -0.25) is 0 Å². The van der Waals surface area contributed by atoms with E-state index >= 15 is 0 Å². The molecule has 2 aromatic carbocycles. The van der Waals surface area contributed by atoms with E-state index in [0.717, 1.165) is 30.2 Å². The normalized spacial score (nSPS) is 14.3. The Labute approximate surface area is 179 Å². The zero-order valence-corrected chi connectivity index (χ0v) is 18.0. The monoisotopic (exact) mass is 430 g/mol. The Hall–Kier alpha value is -2.51. The molecule has 152 valence electrons. The largest absolute Gasteiger partial charge is 0.495 e. The molecule has 1 fully saturated rings. The van der Waals surface area contributed by atoms with E-state index in [9.17, 15) is 4.79 Å². The number of carbonyl (C=O) groups is 1. The maximum atomic E-state index is 12.7. The first kappa shape index (κ1) is 19.8. The molecular weight excluding hydrogens is 408 g/mol. The number of carbonyl (C=O) groups excluding carboxylic acids is 1. The lowest BCUT2D eigenvalue weighted by atomic mass is 10.2. The highest BCUT2D eigenvalue weighted by atomic mass is 35.5. The number of thiazole rings is 1. The van der Waals surface area contributed by atoms with Crippen molar-refractivity contribution in [2.45, 2.75) is 13.3 Å². The number of halogens is 1. The minimum atomic E-state index is -0.151. The van der Waals surface area contributed by atoms with Gasteiger partial charge in [0, 0.05) is 31.2 Å². The molecule has 1 N–H and O–H groups in total. The standard InChI is InChI=1S/C21H23ClN4O2S/c1-3-14-4-6-16-19(12-14)29-21(24-16)26-10-8-25(9-11-26)20(27)23-17-13-15(22)5-7-18(17)28-2/h4-7,12-13H,3,8-11H2,1-2H3,(H,23,27). The van der Waals surface area contributed by atoms with Crippen LogP contribution in [0.3, 0.4) is 0 Å². The van der Waals surface area contributed by atoms with Crippen LogP contribution in [0.2, 0.25) is 5.02 Å². The molecule has 0 bridgehead atoms. The average molecular weight is 431 g/mol. The number of piperazine rings is 1. The highest BCUT2D eigenvalue weighted by molar-refractivity contribution is 7.22. The van der Waals surface area contributed by atoms with Gasteiger partial charge in [0.1, 0.15) is 5.75 Å². The second-order valence-electron chi connectivity index (χ2n) is 6.90. The van der Waals surface area contributed by atoms with Crippen molar-refractivity contribution in [2.75, 3.05) is 43.5 Å². The summed E-state index contributed by atoms with van der Waals surface area (Å²) in [5.41, 5.74) is 2.94. The minimum absolute atomic E-state index is 0.151. The number of nitrogens with zero attached hydrogens (tertiary/aromatic N) is 3. The van der Waals surface area contributed by atoms with Crippen LogP contribution in [0.5, 0.6) is 5.75 Å². The molecular formula is C21H23ClN4O2S. The van der Waals surface area contributed by atoms with Crippen molar-refractivity contribution in [3.8, 4) is 5.75 Å². The molecule has 0 aliphatic carbocycles. The molecule has 0 atom stereocenters. The Bertz CT molecular complexity index is 1030. The Morgan fingerprint density at radius 1 is 1.21 bits per heavy atom. The average Bonchev–Trinajstić information content (AvgIpc) is 3.17. The number of anilines is 2. The molecule has 1 aliphatic rings. The van der Waals surface area contributed by atoms with Crippen LogP contribution in [0.1, 0.15) is 12.5 Å². The van der Waals surface area contributed by atoms with Crippen LogP contribution in [0.15, 0.2) is 36.4 Å². The molecule has 0 saturated carbocycles. The Balaban J connectivity index is 1.40. The van der Waals surface area contributed by atoms with Crippen molar-refractivity contribution in [1.82, 2.24) is 9.88 Å². The van der Waals surface area contributed by atoms with Gasteiger partial charge in [0.25, 0.3) is 0 Å². The molecule has 2 amide bonds. The molecule has 0 radical (unpaired) electrons. The number of hydrogen-bond acceptors (Lipinski definition) is 5. The minimum Gasteiger partial charge on any atom is -0.495 e. The molecule has 2 heterocycles. The Morgan fingerprint density at radius 3 is 2.72 bits per heavy atom. The van der Waals surface area contributed by atoms with Crippen LogP contribution in [0.25, 0.3) is 10.2 Å². The lowest BCUT2D eigenvalue weighted by Crippen LogP contribution is -2.50.